The molecule has 0 saturated heterocycles. The zero-order valence-corrected chi connectivity index (χ0v) is 12.8. The summed E-state index contributed by atoms with van der Waals surface area (Å²) < 4.78 is 6.62. The lowest BCUT2D eigenvalue weighted by molar-refractivity contribution is -0.143. The van der Waals surface area contributed by atoms with Crippen LogP contribution in [-0.4, -0.2) is 37.8 Å². The predicted molar refractivity (Wildman–Crippen MR) is 85.4 cm³/mol. The molecule has 0 radical (unpaired) electrons. The van der Waals surface area contributed by atoms with Gasteiger partial charge < -0.3 is 10.5 Å². The fourth-order valence-electron chi connectivity index (χ4n) is 2.36. The summed E-state index contributed by atoms with van der Waals surface area (Å²) in [4.78, 5) is 11.3. The van der Waals surface area contributed by atoms with E-state index in [0.29, 0.717) is 31.8 Å². The van der Waals surface area contributed by atoms with Crippen LogP contribution in [0.5, 0.6) is 0 Å². The van der Waals surface area contributed by atoms with Gasteiger partial charge in [0.25, 0.3) is 0 Å². The molecule has 3 N–H and O–H groups in total. The number of ether oxygens (including phenoxy) is 1. The van der Waals surface area contributed by atoms with Crippen LogP contribution in [-0.2, 0) is 16.1 Å². The number of carbonyl (C=O) groups excluding carboxylic acids is 1. The average molecular weight is 314 g/mol. The van der Waals surface area contributed by atoms with Gasteiger partial charge in [0.15, 0.2) is 5.82 Å². The van der Waals surface area contributed by atoms with Crippen LogP contribution < -0.4 is 5.73 Å². The van der Waals surface area contributed by atoms with E-state index >= 15 is 0 Å². The second-order valence-corrected chi connectivity index (χ2v) is 5.14. The Bertz CT molecular complexity index is 822. The molecule has 3 aromatic rings. The van der Waals surface area contributed by atoms with Gasteiger partial charge in [-0.2, -0.15) is 5.10 Å². The van der Waals surface area contributed by atoms with E-state index in [-0.39, 0.29) is 5.97 Å². The number of benzene rings is 1. The first-order chi connectivity index (χ1) is 11.2. The summed E-state index contributed by atoms with van der Waals surface area (Å²) in [5, 5.41) is 16.0. The van der Waals surface area contributed by atoms with E-state index in [1.807, 2.05) is 24.4 Å². The Morgan fingerprint density at radius 1 is 1.43 bits per heavy atom. The molecule has 1 aromatic carbocycles. The number of anilines is 1. The number of carbonyl (C=O) groups is 1. The van der Waals surface area contributed by atoms with Crippen LogP contribution in [0.1, 0.15) is 19.8 Å². The molecule has 0 amide bonds. The normalized spacial score (nSPS) is 11.0. The van der Waals surface area contributed by atoms with Gasteiger partial charge in [0.1, 0.15) is 5.69 Å². The summed E-state index contributed by atoms with van der Waals surface area (Å²) in [6.07, 6.45) is 2.90. The molecule has 0 aliphatic carbocycles. The topological polar surface area (TPSA) is 112 Å². The third kappa shape index (κ3) is 3.31. The van der Waals surface area contributed by atoms with Gasteiger partial charge >= 0.3 is 5.97 Å². The standard InChI is InChI=1S/C15H18N6O2/c1-2-23-14(22)4-3-7-21-9-13(18-20-21)10-5-6-11-12(8-10)17-19-15(11)16/h5-6,8-9H,2-4,7H2,1H3,(H3,16,17,19). The van der Waals surface area contributed by atoms with Crippen molar-refractivity contribution >= 4 is 22.7 Å². The van der Waals surface area contributed by atoms with Gasteiger partial charge in [-0.05, 0) is 25.5 Å². The first-order valence-electron chi connectivity index (χ1n) is 7.47. The van der Waals surface area contributed by atoms with Crippen molar-refractivity contribution in [3.8, 4) is 11.3 Å². The molecule has 2 aromatic heterocycles. The molecule has 2 heterocycles. The Morgan fingerprint density at radius 2 is 2.30 bits per heavy atom. The lowest BCUT2D eigenvalue weighted by Crippen LogP contribution is -2.06. The number of rotatable bonds is 6. The Kier molecular flexibility index (Phi) is 4.22. The van der Waals surface area contributed by atoms with E-state index in [0.717, 1.165) is 22.2 Å². The van der Waals surface area contributed by atoms with Crippen molar-refractivity contribution in [2.24, 2.45) is 0 Å². The maximum absolute atomic E-state index is 11.3. The van der Waals surface area contributed by atoms with E-state index in [2.05, 4.69) is 20.5 Å². The summed E-state index contributed by atoms with van der Waals surface area (Å²) in [7, 11) is 0. The largest absolute Gasteiger partial charge is 0.466 e. The molecule has 0 aliphatic rings. The second kappa shape index (κ2) is 6.47. The smallest absolute Gasteiger partial charge is 0.305 e. The highest BCUT2D eigenvalue weighted by molar-refractivity contribution is 5.91. The minimum atomic E-state index is -0.185. The summed E-state index contributed by atoms with van der Waals surface area (Å²) in [5.74, 6) is 0.296. The number of aryl methyl sites for hydroxylation is 1. The minimum absolute atomic E-state index is 0.185. The summed E-state index contributed by atoms with van der Waals surface area (Å²) in [6, 6.07) is 5.77. The number of hydrogen-bond donors (Lipinski definition) is 2. The molecule has 0 saturated carbocycles. The number of esters is 1. The van der Waals surface area contributed by atoms with Crippen molar-refractivity contribution < 1.29 is 9.53 Å². The van der Waals surface area contributed by atoms with Crippen molar-refractivity contribution in [1.82, 2.24) is 25.2 Å². The van der Waals surface area contributed by atoms with Crippen LogP contribution in [0.15, 0.2) is 24.4 Å². The van der Waals surface area contributed by atoms with E-state index in [1.54, 1.807) is 11.6 Å². The average Bonchev–Trinajstić information content (AvgIpc) is 3.15. The summed E-state index contributed by atoms with van der Waals surface area (Å²) in [6.45, 7) is 2.82. The van der Waals surface area contributed by atoms with E-state index in [1.165, 1.54) is 0 Å². The number of fused-ring (bicyclic) bond motifs is 1. The van der Waals surface area contributed by atoms with Gasteiger partial charge in [-0.3, -0.25) is 14.6 Å². The quantitative estimate of drug-likeness (QED) is 0.670. The lowest BCUT2D eigenvalue weighted by Gasteiger charge is -2.01. The van der Waals surface area contributed by atoms with Crippen LogP contribution in [0, 0.1) is 0 Å². The van der Waals surface area contributed by atoms with Crippen molar-refractivity contribution in [2.45, 2.75) is 26.3 Å². The number of nitrogens with zero attached hydrogens (tertiary/aromatic N) is 4. The Balaban J connectivity index is 1.67. The fourth-order valence-corrected chi connectivity index (χ4v) is 2.36. The molecule has 0 unspecified atom stereocenters. The van der Waals surface area contributed by atoms with Gasteiger partial charge in [0, 0.05) is 23.9 Å². The maximum Gasteiger partial charge on any atom is 0.305 e. The molecular formula is C15H18N6O2. The SMILES string of the molecule is CCOC(=O)CCCn1cc(-c2ccc3c(N)n[nH]c3c2)nn1. The molecule has 120 valence electrons. The van der Waals surface area contributed by atoms with Crippen molar-refractivity contribution in [1.29, 1.82) is 0 Å². The molecule has 0 aliphatic heterocycles. The van der Waals surface area contributed by atoms with Gasteiger partial charge in [-0.1, -0.05) is 11.3 Å². The minimum Gasteiger partial charge on any atom is -0.466 e. The van der Waals surface area contributed by atoms with Crippen molar-refractivity contribution in [2.75, 3.05) is 12.3 Å². The van der Waals surface area contributed by atoms with Crippen LogP contribution in [0.3, 0.4) is 0 Å². The molecule has 8 nitrogen and oxygen atoms in total. The Labute approximate surface area is 132 Å². The number of nitrogen functional groups attached to an aromatic ring is 1. The monoisotopic (exact) mass is 314 g/mol. The van der Waals surface area contributed by atoms with E-state index in [4.69, 9.17) is 10.5 Å². The number of hydrogen-bond acceptors (Lipinski definition) is 6. The fraction of sp³-hybridized carbons (Fsp3) is 0.333. The molecule has 8 heteroatoms. The van der Waals surface area contributed by atoms with Gasteiger partial charge in [-0.15, -0.1) is 5.10 Å². The Hall–Kier alpha value is -2.90. The van der Waals surface area contributed by atoms with Crippen molar-refractivity contribution in [3.63, 3.8) is 0 Å². The van der Waals surface area contributed by atoms with Gasteiger partial charge in [0.05, 0.1) is 18.3 Å². The molecule has 0 fully saturated rings. The van der Waals surface area contributed by atoms with Gasteiger partial charge in [0.2, 0.25) is 0 Å². The zero-order valence-electron chi connectivity index (χ0n) is 12.8. The van der Waals surface area contributed by atoms with Crippen LogP contribution in [0.4, 0.5) is 5.82 Å². The lowest BCUT2D eigenvalue weighted by atomic mass is 10.1. The van der Waals surface area contributed by atoms with E-state index in [9.17, 15) is 4.79 Å². The Morgan fingerprint density at radius 3 is 3.13 bits per heavy atom. The molecule has 0 spiro atoms. The maximum atomic E-state index is 11.3. The number of aromatic nitrogens is 5. The van der Waals surface area contributed by atoms with E-state index < -0.39 is 0 Å². The van der Waals surface area contributed by atoms with Crippen LogP contribution >= 0.6 is 0 Å². The van der Waals surface area contributed by atoms with Crippen molar-refractivity contribution in [3.05, 3.63) is 24.4 Å². The summed E-state index contributed by atoms with van der Waals surface area (Å²) in [5.41, 5.74) is 8.30. The van der Waals surface area contributed by atoms with Crippen LogP contribution in [0.25, 0.3) is 22.2 Å². The number of nitrogens with one attached hydrogen (secondary N) is 1. The zero-order chi connectivity index (χ0) is 16.2. The number of aromatic amines is 1. The third-order valence-corrected chi connectivity index (χ3v) is 3.50. The second-order valence-electron chi connectivity index (χ2n) is 5.14. The molecule has 23 heavy (non-hydrogen) atoms. The molecule has 3 rings (SSSR count). The highest BCUT2D eigenvalue weighted by atomic mass is 16.5. The third-order valence-electron chi connectivity index (χ3n) is 3.50. The predicted octanol–water partition coefficient (Wildman–Crippen LogP) is 1.75. The molecule has 0 atom stereocenters. The summed E-state index contributed by atoms with van der Waals surface area (Å²) >= 11 is 0. The number of H-pyrrole nitrogens is 1. The number of nitrogens with two attached hydrogens (primary N) is 1. The molecular weight excluding hydrogens is 296 g/mol. The molecule has 0 bridgehead atoms. The first-order valence-corrected chi connectivity index (χ1v) is 7.47. The highest BCUT2D eigenvalue weighted by Crippen LogP contribution is 2.24. The van der Waals surface area contributed by atoms with Crippen LogP contribution in [0.2, 0.25) is 0 Å². The highest BCUT2D eigenvalue weighted by Gasteiger charge is 2.08. The first kappa shape index (κ1) is 15.0. The van der Waals surface area contributed by atoms with Gasteiger partial charge in [-0.25, -0.2) is 0 Å².